The molecule has 0 aliphatic heterocycles. The minimum Gasteiger partial charge on any atom is -0.294 e. The summed E-state index contributed by atoms with van der Waals surface area (Å²) >= 11 is 5.91. The summed E-state index contributed by atoms with van der Waals surface area (Å²) in [6.45, 7) is 1.39. The molecule has 100 valence electrons. The molecule has 0 aliphatic carbocycles. The first kappa shape index (κ1) is 14.2. The van der Waals surface area contributed by atoms with Crippen molar-refractivity contribution in [3.8, 4) is 0 Å². The molecule has 0 fully saturated rings. The van der Waals surface area contributed by atoms with Crippen LogP contribution in [0.1, 0.15) is 22.8 Å². The molecule has 0 amide bonds. The number of rotatable bonds is 4. The van der Waals surface area contributed by atoms with Crippen molar-refractivity contribution in [1.29, 1.82) is 0 Å². The normalized spacial score (nSPS) is 11.2. The van der Waals surface area contributed by atoms with Crippen LogP contribution in [-0.2, 0) is 4.79 Å². The van der Waals surface area contributed by atoms with Crippen molar-refractivity contribution in [2.75, 3.05) is 0 Å². The van der Waals surface area contributed by atoms with Crippen LogP contribution in [0.25, 0.3) is 6.08 Å². The van der Waals surface area contributed by atoms with E-state index in [1.807, 2.05) is 6.07 Å². The highest BCUT2D eigenvalue weighted by atomic mass is 35.5. The molecule has 2 aromatic carbocycles. The zero-order valence-corrected chi connectivity index (χ0v) is 11.7. The van der Waals surface area contributed by atoms with E-state index in [1.54, 1.807) is 54.6 Å². The van der Waals surface area contributed by atoms with Crippen LogP contribution < -0.4 is 0 Å². The van der Waals surface area contributed by atoms with Gasteiger partial charge < -0.3 is 0 Å². The Morgan fingerprint density at radius 2 is 1.70 bits per heavy atom. The molecule has 2 nitrogen and oxygen atoms in total. The van der Waals surface area contributed by atoms with E-state index < -0.39 is 0 Å². The van der Waals surface area contributed by atoms with E-state index in [4.69, 9.17) is 11.6 Å². The predicted molar refractivity (Wildman–Crippen MR) is 80.9 cm³/mol. The predicted octanol–water partition coefficient (Wildman–Crippen LogP) is 4.20. The zero-order chi connectivity index (χ0) is 14.5. The number of ketones is 2. The van der Waals surface area contributed by atoms with Gasteiger partial charge >= 0.3 is 0 Å². The van der Waals surface area contributed by atoms with Gasteiger partial charge in [0.25, 0.3) is 0 Å². The van der Waals surface area contributed by atoms with Gasteiger partial charge in [0.2, 0.25) is 0 Å². The highest BCUT2D eigenvalue weighted by Gasteiger charge is 2.16. The van der Waals surface area contributed by atoms with Gasteiger partial charge in [-0.3, -0.25) is 9.59 Å². The molecule has 0 bridgehead atoms. The van der Waals surface area contributed by atoms with Gasteiger partial charge in [-0.25, -0.2) is 0 Å². The van der Waals surface area contributed by atoms with Crippen molar-refractivity contribution in [3.05, 3.63) is 76.3 Å². The van der Waals surface area contributed by atoms with Crippen LogP contribution in [0.4, 0.5) is 0 Å². The Labute approximate surface area is 122 Å². The molecule has 2 aromatic rings. The van der Waals surface area contributed by atoms with Gasteiger partial charge in [0.15, 0.2) is 11.6 Å². The van der Waals surface area contributed by atoms with Crippen molar-refractivity contribution in [2.45, 2.75) is 6.92 Å². The molecule has 0 saturated heterocycles. The molecule has 0 unspecified atom stereocenters. The lowest BCUT2D eigenvalue weighted by Crippen LogP contribution is -2.10. The standard InChI is InChI=1S/C17H13ClO2/c1-12(19)16(11-13-6-5-9-15(18)10-13)17(20)14-7-3-2-4-8-14/h2-11H,1H3/b16-11+. The van der Waals surface area contributed by atoms with Gasteiger partial charge in [-0.2, -0.15) is 0 Å². The number of hydrogen-bond donors (Lipinski definition) is 0. The van der Waals surface area contributed by atoms with Crippen molar-refractivity contribution < 1.29 is 9.59 Å². The quantitative estimate of drug-likeness (QED) is 0.365. The molecule has 0 saturated carbocycles. The van der Waals surface area contributed by atoms with Crippen LogP contribution in [-0.4, -0.2) is 11.6 Å². The van der Waals surface area contributed by atoms with Crippen molar-refractivity contribution in [2.24, 2.45) is 0 Å². The number of hydrogen-bond acceptors (Lipinski definition) is 2. The zero-order valence-electron chi connectivity index (χ0n) is 11.0. The number of Topliss-reactive ketones (excluding diaryl/α,β-unsaturated/α-hetero) is 2. The number of halogens is 1. The second-order valence-electron chi connectivity index (χ2n) is 4.36. The van der Waals surface area contributed by atoms with Crippen LogP contribution in [0.3, 0.4) is 0 Å². The third kappa shape index (κ3) is 3.43. The first-order chi connectivity index (χ1) is 9.58. The topological polar surface area (TPSA) is 34.1 Å². The molecular formula is C17H13ClO2. The second-order valence-corrected chi connectivity index (χ2v) is 4.80. The maximum atomic E-state index is 12.4. The Kier molecular flexibility index (Phi) is 4.49. The van der Waals surface area contributed by atoms with E-state index >= 15 is 0 Å². The minimum absolute atomic E-state index is 0.151. The van der Waals surface area contributed by atoms with Crippen LogP contribution in [0.5, 0.6) is 0 Å². The molecule has 3 heteroatoms. The molecule has 2 rings (SSSR count). The Hall–Kier alpha value is -2.19. The molecular weight excluding hydrogens is 272 g/mol. The first-order valence-corrected chi connectivity index (χ1v) is 6.53. The fraction of sp³-hybridized carbons (Fsp3) is 0.0588. The number of carbonyl (C=O) groups is 2. The molecule has 0 N–H and O–H groups in total. The van der Waals surface area contributed by atoms with E-state index in [0.717, 1.165) is 5.56 Å². The van der Waals surface area contributed by atoms with Crippen LogP contribution >= 0.6 is 11.6 Å². The highest BCUT2D eigenvalue weighted by molar-refractivity contribution is 6.31. The monoisotopic (exact) mass is 284 g/mol. The lowest BCUT2D eigenvalue weighted by Gasteiger charge is -2.04. The van der Waals surface area contributed by atoms with Crippen LogP contribution in [0.2, 0.25) is 5.02 Å². The summed E-state index contributed by atoms with van der Waals surface area (Å²) in [4.78, 5) is 24.1. The lowest BCUT2D eigenvalue weighted by atomic mass is 9.98. The average Bonchev–Trinajstić information content (AvgIpc) is 2.45. The van der Waals surface area contributed by atoms with Crippen LogP contribution in [0, 0.1) is 0 Å². The molecule has 0 aliphatic rings. The molecule has 0 heterocycles. The van der Waals surface area contributed by atoms with Gasteiger partial charge in [0.1, 0.15) is 0 Å². The minimum atomic E-state index is -0.280. The van der Waals surface area contributed by atoms with E-state index in [1.165, 1.54) is 6.92 Å². The maximum absolute atomic E-state index is 12.4. The summed E-state index contributed by atoms with van der Waals surface area (Å²) in [6.07, 6.45) is 1.57. The van der Waals surface area contributed by atoms with Gasteiger partial charge in [-0.1, -0.05) is 54.1 Å². The molecule has 0 radical (unpaired) electrons. The van der Waals surface area contributed by atoms with Crippen molar-refractivity contribution >= 4 is 29.2 Å². The molecule has 0 atom stereocenters. The molecule has 0 aromatic heterocycles. The summed E-state index contributed by atoms with van der Waals surface area (Å²) in [5, 5.41) is 0.564. The summed E-state index contributed by atoms with van der Waals surface area (Å²) in [5.74, 6) is -0.545. The highest BCUT2D eigenvalue weighted by Crippen LogP contribution is 2.17. The van der Waals surface area contributed by atoms with Gasteiger partial charge in [0, 0.05) is 10.6 Å². The smallest absolute Gasteiger partial charge is 0.196 e. The third-order valence-electron chi connectivity index (χ3n) is 2.82. The fourth-order valence-corrected chi connectivity index (χ4v) is 2.03. The van der Waals surface area contributed by atoms with Gasteiger partial charge in [-0.05, 0) is 30.7 Å². The summed E-state index contributed by atoms with van der Waals surface area (Å²) in [6, 6.07) is 15.8. The Bertz CT molecular complexity index is 672. The van der Waals surface area contributed by atoms with Crippen molar-refractivity contribution in [1.82, 2.24) is 0 Å². The van der Waals surface area contributed by atoms with E-state index in [0.29, 0.717) is 10.6 Å². The molecule has 0 spiro atoms. The van der Waals surface area contributed by atoms with E-state index in [-0.39, 0.29) is 17.1 Å². The Morgan fingerprint density at radius 3 is 2.30 bits per heavy atom. The Morgan fingerprint density at radius 1 is 1.00 bits per heavy atom. The summed E-state index contributed by atoms with van der Waals surface area (Å²) in [5.41, 5.74) is 1.38. The number of allylic oxidation sites excluding steroid dienone is 1. The summed E-state index contributed by atoms with van der Waals surface area (Å²) in [7, 11) is 0. The lowest BCUT2D eigenvalue weighted by molar-refractivity contribution is -0.113. The number of benzene rings is 2. The number of carbonyl (C=O) groups excluding carboxylic acids is 2. The maximum Gasteiger partial charge on any atom is 0.196 e. The molecule has 20 heavy (non-hydrogen) atoms. The summed E-state index contributed by atoms with van der Waals surface area (Å²) < 4.78 is 0. The van der Waals surface area contributed by atoms with Crippen molar-refractivity contribution in [3.63, 3.8) is 0 Å². The van der Waals surface area contributed by atoms with Gasteiger partial charge in [-0.15, -0.1) is 0 Å². The average molecular weight is 285 g/mol. The van der Waals surface area contributed by atoms with E-state index in [2.05, 4.69) is 0 Å². The Balaban J connectivity index is 2.42. The fourth-order valence-electron chi connectivity index (χ4n) is 1.84. The SMILES string of the molecule is CC(=O)/C(=C\c1cccc(Cl)c1)C(=O)c1ccccc1. The first-order valence-electron chi connectivity index (χ1n) is 6.16. The van der Waals surface area contributed by atoms with Gasteiger partial charge in [0.05, 0.1) is 5.57 Å². The third-order valence-corrected chi connectivity index (χ3v) is 3.05. The van der Waals surface area contributed by atoms with E-state index in [9.17, 15) is 9.59 Å². The largest absolute Gasteiger partial charge is 0.294 e. The van der Waals surface area contributed by atoms with Crippen LogP contribution in [0.15, 0.2) is 60.2 Å². The second kappa shape index (κ2) is 6.31.